The third kappa shape index (κ3) is 5.13. The van der Waals surface area contributed by atoms with Gasteiger partial charge < -0.3 is 10.4 Å². The van der Waals surface area contributed by atoms with Crippen LogP contribution in [0.3, 0.4) is 0 Å². The SMILES string of the molecule is Cc1ncc(/C=C/C(=O)NC(CO)Cc2ccccc2)s1. The summed E-state index contributed by atoms with van der Waals surface area (Å²) in [6.45, 7) is 1.83. The number of nitrogens with zero attached hydrogens (tertiary/aromatic N) is 1. The number of thiazole rings is 1. The van der Waals surface area contributed by atoms with Gasteiger partial charge in [0, 0.05) is 17.2 Å². The van der Waals surface area contributed by atoms with Crippen molar-refractivity contribution >= 4 is 23.3 Å². The van der Waals surface area contributed by atoms with Gasteiger partial charge in [-0.05, 0) is 25.0 Å². The van der Waals surface area contributed by atoms with Gasteiger partial charge >= 0.3 is 0 Å². The lowest BCUT2D eigenvalue weighted by Gasteiger charge is -2.15. The van der Waals surface area contributed by atoms with Crippen molar-refractivity contribution in [2.45, 2.75) is 19.4 Å². The highest BCUT2D eigenvalue weighted by molar-refractivity contribution is 7.12. The summed E-state index contributed by atoms with van der Waals surface area (Å²) < 4.78 is 0. The Kier molecular flexibility index (Phi) is 5.66. The molecule has 2 rings (SSSR count). The van der Waals surface area contributed by atoms with E-state index in [0.717, 1.165) is 15.4 Å². The molecule has 5 heteroatoms. The Morgan fingerprint density at radius 3 is 2.81 bits per heavy atom. The van der Waals surface area contributed by atoms with Crippen LogP contribution >= 0.6 is 11.3 Å². The van der Waals surface area contributed by atoms with Crippen LogP contribution in [0, 0.1) is 6.92 Å². The first-order valence-corrected chi connectivity index (χ1v) is 7.55. The smallest absolute Gasteiger partial charge is 0.244 e. The van der Waals surface area contributed by atoms with E-state index in [0.29, 0.717) is 6.42 Å². The molecule has 1 unspecified atom stereocenters. The Labute approximate surface area is 128 Å². The monoisotopic (exact) mass is 302 g/mol. The molecule has 0 aliphatic heterocycles. The molecule has 2 N–H and O–H groups in total. The van der Waals surface area contributed by atoms with Gasteiger partial charge in [0.15, 0.2) is 0 Å². The summed E-state index contributed by atoms with van der Waals surface area (Å²) in [7, 11) is 0. The van der Waals surface area contributed by atoms with Crippen molar-refractivity contribution in [2.75, 3.05) is 6.61 Å². The van der Waals surface area contributed by atoms with Crippen molar-refractivity contribution in [3.05, 3.63) is 58.1 Å². The molecule has 1 heterocycles. The Hall–Kier alpha value is -1.98. The maximum Gasteiger partial charge on any atom is 0.244 e. The normalized spacial score (nSPS) is 12.5. The molecular formula is C16H18N2O2S. The second-order valence-corrected chi connectivity index (χ2v) is 5.96. The number of benzene rings is 1. The molecule has 0 aliphatic rings. The van der Waals surface area contributed by atoms with Gasteiger partial charge in [-0.25, -0.2) is 4.98 Å². The number of hydrogen-bond acceptors (Lipinski definition) is 4. The van der Waals surface area contributed by atoms with Gasteiger partial charge in [0.2, 0.25) is 5.91 Å². The standard InChI is InChI=1S/C16H18N2O2S/c1-12-17-10-15(21-12)7-8-16(20)18-14(11-19)9-13-5-3-2-4-6-13/h2-8,10,14,19H,9,11H2,1H3,(H,18,20)/b8-7+. The first kappa shape index (κ1) is 15.4. The number of amides is 1. The van der Waals surface area contributed by atoms with E-state index in [4.69, 9.17) is 0 Å². The summed E-state index contributed by atoms with van der Waals surface area (Å²) in [4.78, 5) is 16.9. The maximum atomic E-state index is 11.9. The van der Waals surface area contributed by atoms with Gasteiger partial charge in [-0.1, -0.05) is 30.3 Å². The molecule has 1 amide bonds. The van der Waals surface area contributed by atoms with Crippen molar-refractivity contribution in [1.29, 1.82) is 0 Å². The lowest BCUT2D eigenvalue weighted by molar-refractivity contribution is -0.117. The van der Waals surface area contributed by atoms with Crippen LogP contribution in [0.4, 0.5) is 0 Å². The minimum Gasteiger partial charge on any atom is -0.394 e. The summed E-state index contributed by atoms with van der Waals surface area (Å²) >= 11 is 1.53. The molecule has 0 aliphatic carbocycles. The summed E-state index contributed by atoms with van der Waals surface area (Å²) in [6.07, 6.45) is 5.55. The topological polar surface area (TPSA) is 62.2 Å². The van der Waals surface area contributed by atoms with Gasteiger partial charge in [0.25, 0.3) is 0 Å². The van der Waals surface area contributed by atoms with Crippen molar-refractivity contribution in [2.24, 2.45) is 0 Å². The van der Waals surface area contributed by atoms with Gasteiger partial charge in [-0.3, -0.25) is 4.79 Å². The number of aliphatic hydroxyl groups excluding tert-OH is 1. The van der Waals surface area contributed by atoms with E-state index in [1.807, 2.05) is 37.3 Å². The van der Waals surface area contributed by atoms with Crippen molar-refractivity contribution in [3.63, 3.8) is 0 Å². The second-order valence-electron chi connectivity index (χ2n) is 4.69. The molecular weight excluding hydrogens is 284 g/mol. The average Bonchev–Trinajstić information content (AvgIpc) is 2.91. The fourth-order valence-electron chi connectivity index (χ4n) is 1.92. The van der Waals surface area contributed by atoms with E-state index in [1.165, 1.54) is 17.4 Å². The Morgan fingerprint density at radius 1 is 1.43 bits per heavy atom. The summed E-state index contributed by atoms with van der Waals surface area (Å²) in [5.41, 5.74) is 1.08. The van der Waals surface area contributed by atoms with E-state index in [9.17, 15) is 9.90 Å². The molecule has 0 spiro atoms. The van der Waals surface area contributed by atoms with Crippen LogP contribution < -0.4 is 5.32 Å². The number of aryl methyl sites for hydroxylation is 1. The molecule has 110 valence electrons. The molecule has 0 fully saturated rings. The molecule has 0 saturated heterocycles. The zero-order valence-electron chi connectivity index (χ0n) is 11.8. The molecule has 21 heavy (non-hydrogen) atoms. The fraction of sp³-hybridized carbons (Fsp3) is 0.250. The Bertz CT molecular complexity index is 608. The van der Waals surface area contributed by atoms with Crippen LogP contribution in [-0.2, 0) is 11.2 Å². The van der Waals surface area contributed by atoms with Crippen LogP contribution in [0.15, 0.2) is 42.6 Å². The largest absolute Gasteiger partial charge is 0.394 e. The number of rotatable bonds is 6. The fourth-order valence-corrected chi connectivity index (χ4v) is 2.61. The molecule has 0 saturated carbocycles. The maximum absolute atomic E-state index is 11.9. The highest BCUT2D eigenvalue weighted by Gasteiger charge is 2.10. The second kappa shape index (κ2) is 7.71. The molecule has 1 aromatic carbocycles. The number of aliphatic hydroxyl groups is 1. The molecule has 2 aromatic rings. The van der Waals surface area contributed by atoms with Gasteiger partial charge in [0.1, 0.15) is 0 Å². The summed E-state index contributed by atoms with van der Waals surface area (Å²) in [6, 6.07) is 9.49. The molecule has 0 bridgehead atoms. The van der Waals surface area contributed by atoms with Gasteiger partial charge in [-0.2, -0.15) is 0 Å². The number of nitrogens with one attached hydrogen (secondary N) is 1. The van der Waals surface area contributed by atoms with Crippen LogP contribution in [0.1, 0.15) is 15.4 Å². The van der Waals surface area contributed by atoms with Crippen LogP contribution in [0.5, 0.6) is 0 Å². The molecule has 1 aromatic heterocycles. The average molecular weight is 302 g/mol. The third-order valence-electron chi connectivity index (χ3n) is 2.93. The van der Waals surface area contributed by atoms with E-state index >= 15 is 0 Å². The van der Waals surface area contributed by atoms with E-state index < -0.39 is 0 Å². The van der Waals surface area contributed by atoms with Crippen LogP contribution in [-0.4, -0.2) is 28.6 Å². The predicted octanol–water partition coefficient (Wildman–Crippen LogP) is 2.18. The summed E-state index contributed by atoms with van der Waals surface area (Å²) in [5.74, 6) is -0.212. The minimum atomic E-state index is -0.284. The number of carbonyl (C=O) groups is 1. The lowest BCUT2D eigenvalue weighted by atomic mass is 10.1. The first-order chi connectivity index (χ1) is 10.2. The van der Waals surface area contributed by atoms with Gasteiger partial charge in [-0.15, -0.1) is 11.3 Å². The Morgan fingerprint density at radius 2 is 2.19 bits per heavy atom. The van der Waals surface area contributed by atoms with Crippen molar-refractivity contribution in [1.82, 2.24) is 10.3 Å². The van der Waals surface area contributed by atoms with Gasteiger partial charge in [0.05, 0.1) is 17.7 Å². The van der Waals surface area contributed by atoms with Crippen molar-refractivity contribution in [3.8, 4) is 0 Å². The van der Waals surface area contributed by atoms with Crippen LogP contribution in [0.25, 0.3) is 6.08 Å². The number of hydrogen-bond donors (Lipinski definition) is 2. The highest BCUT2D eigenvalue weighted by Crippen LogP contribution is 2.12. The molecule has 4 nitrogen and oxygen atoms in total. The summed E-state index contributed by atoms with van der Waals surface area (Å²) in [5, 5.41) is 13.1. The quantitative estimate of drug-likeness (QED) is 0.804. The van der Waals surface area contributed by atoms with E-state index in [1.54, 1.807) is 12.3 Å². The lowest BCUT2D eigenvalue weighted by Crippen LogP contribution is -2.38. The van der Waals surface area contributed by atoms with Crippen molar-refractivity contribution < 1.29 is 9.90 Å². The Balaban J connectivity index is 1.89. The highest BCUT2D eigenvalue weighted by atomic mass is 32.1. The molecule has 0 radical (unpaired) electrons. The molecule has 1 atom stereocenters. The van der Waals surface area contributed by atoms with E-state index in [-0.39, 0.29) is 18.6 Å². The third-order valence-corrected chi connectivity index (χ3v) is 3.81. The number of aromatic nitrogens is 1. The minimum absolute atomic E-state index is 0.0891. The van der Waals surface area contributed by atoms with Crippen LogP contribution in [0.2, 0.25) is 0 Å². The number of carbonyl (C=O) groups excluding carboxylic acids is 1. The zero-order chi connectivity index (χ0) is 15.1. The zero-order valence-corrected chi connectivity index (χ0v) is 12.6. The predicted molar refractivity (Wildman–Crippen MR) is 85.0 cm³/mol. The van der Waals surface area contributed by atoms with E-state index in [2.05, 4.69) is 10.3 Å². The first-order valence-electron chi connectivity index (χ1n) is 6.73.